The Labute approximate surface area is 90.4 Å². The van der Waals surface area contributed by atoms with Crippen LogP contribution in [0.5, 0.6) is 0 Å². The molecule has 1 aromatic rings. The van der Waals surface area contributed by atoms with E-state index in [9.17, 15) is 8.42 Å². The average molecular weight is 228 g/mol. The lowest BCUT2D eigenvalue weighted by Gasteiger charge is -2.04. The molecule has 4 nitrogen and oxygen atoms in total. The van der Waals surface area contributed by atoms with Crippen LogP contribution in [0, 0.1) is 0 Å². The first-order valence-electron chi connectivity index (χ1n) is 4.82. The molecule has 0 aromatic heterocycles. The van der Waals surface area contributed by atoms with Gasteiger partial charge in [0.15, 0.2) is 9.84 Å². The third-order valence-corrected chi connectivity index (χ3v) is 3.89. The Kier molecular flexibility index (Phi) is 4.26. The average Bonchev–Trinajstić information content (AvgIpc) is 2.27. The van der Waals surface area contributed by atoms with Gasteiger partial charge in [-0.1, -0.05) is 19.1 Å². The Balaban J connectivity index is 2.81. The summed E-state index contributed by atoms with van der Waals surface area (Å²) >= 11 is 0. The predicted molar refractivity (Wildman–Crippen MR) is 60.1 cm³/mol. The SMILES string of the molecule is CCS(=O)(=O)c1ccc(CNCN)cc1. The summed E-state index contributed by atoms with van der Waals surface area (Å²) in [5.74, 6) is 0.132. The summed E-state index contributed by atoms with van der Waals surface area (Å²) in [6.45, 7) is 2.71. The van der Waals surface area contributed by atoms with Gasteiger partial charge in [-0.25, -0.2) is 8.42 Å². The van der Waals surface area contributed by atoms with Gasteiger partial charge in [-0.2, -0.15) is 0 Å². The molecule has 5 heteroatoms. The van der Waals surface area contributed by atoms with Gasteiger partial charge in [0.05, 0.1) is 10.6 Å². The fourth-order valence-electron chi connectivity index (χ4n) is 1.20. The van der Waals surface area contributed by atoms with Crippen LogP contribution in [-0.4, -0.2) is 20.8 Å². The van der Waals surface area contributed by atoms with E-state index >= 15 is 0 Å². The van der Waals surface area contributed by atoms with Crippen molar-refractivity contribution in [1.82, 2.24) is 5.32 Å². The van der Waals surface area contributed by atoms with Crippen LogP contribution in [0.15, 0.2) is 29.2 Å². The van der Waals surface area contributed by atoms with E-state index in [0.29, 0.717) is 18.1 Å². The van der Waals surface area contributed by atoms with Crippen LogP contribution < -0.4 is 11.1 Å². The summed E-state index contributed by atoms with van der Waals surface area (Å²) in [4.78, 5) is 0.376. The summed E-state index contributed by atoms with van der Waals surface area (Å²) in [5.41, 5.74) is 6.31. The molecule has 0 aliphatic carbocycles. The quantitative estimate of drug-likeness (QED) is 0.719. The largest absolute Gasteiger partial charge is 0.318 e. The Hall–Kier alpha value is -0.910. The lowest BCUT2D eigenvalue weighted by Crippen LogP contribution is -2.21. The number of hydrogen-bond acceptors (Lipinski definition) is 4. The maximum atomic E-state index is 11.5. The van der Waals surface area contributed by atoms with Crippen molar-refractivity contribution < 1.29 is 8.42 Å². The van der Waals surface area contributed by atoms with Gasteiger partial charge >= 0.3 is 0 Å². The number of hydrogen-bond donors (Lipinski definition) is 2. The maximum absolute atomic E-state index is 11.5. The molecule has 1 aromatic carbocycles. The molecule has 15 heavy (non-hydrogen) atoms. The van der Waals surface area contributed by atoms with Gasteiger partial charge in [0.25, 0.3) is 0 Å². The molecule has 84 valence electrons. The highest BCUT2D eigenvalue weighted by Gasteiger charge is 2.10. The Bertz CT molecular complexity index is 398. The minimum Gasteiger partial charge on any atom is -0.318 e. The van der Waals surface area contributed by atoms with Gasteiger partial charge in [0.1, 0.15) is 0 Å². The summed E-state index contributed by atoms with van der Waals surface area (Å²) in [5, 5.41) is 2.97. The van der Waals surface area contributed by atoms with Crippen molar-refractivity contribution >= 4 is 9.84 Å². The molecule has 0 saturated carbocycles. The fourth-order valence-corrected chi connectivity index (χ4v) is 2.08. The number of nitrogens with one attached hydrogen (secondary N) is 1. The third-order valence-electron chi connectivity index (χ3n) is 2.14. The van der Waals surface area contributed by atoms with E-state index in [4.69, 9.17) is 5.73 Å². The Morgan fingerprint density at radius 1 is 1.27 bits per heavy atom. The lowest BCUT2D eigenvalue weighted by atomic mass is 10.2. The number of benzene rings is 1. The van der Waals surface area contributed by atoms with Crippen LogP contribution in [0.3, 0.4) is 0 Å². The molecule has 0 fully saturated rings. The van der Waals surface area contributed by atoms with Crippen molar-refractivity contribution in [3.05, 3.63) is 29.8 Å². The molecule has 0 aliphatic heterocycles. The monoisotopic (exact) mass is 228 g/mol. The third kappa shape index (κ3) is 3.30. The summed E-state index contributed by atoms with van der Waals surface area (Å²) in [6.07, 6.45) is 0. The Morgan fingerprint density at radius 2 is 1.87 bits per heavy atom. The van der Waals surface area contributed by atoms with E-state index in [2.05, 4.69) is 5.32 Å². The minimum absolute atomic E-state index is 0.132. The zero-order valence-electron chi connectivity index (χ0n) is 8.73. The van der Waals surface area contributed by atoms with Crippen molar-refractivity contribution in [3.63, 3.8) is 0 Å². The van der Waals surface area contributed by atoms with E-state index in [1.165, 1.54) is 0 Å². The second-order valence-corrected chi connectivity index (χ2v) is 5.46. The predicted octanol–water partition coefficient (Wildman–Crippen LogP) is 0.486. The van der Waals surface area contributed by atoms with Crippen LogP contribution in [-0.2, 0) is 16.4 Å². The van der Waals surface area contributed by atoms with Gasteiger partial charge in [-0.05, 0) is 17.7 Å². The van der Waals surface area contributed by atoms with Crippen molar-refractivity contribution in [1.29, 1.82) is 0 Å². The molecule has 0 heterocycles. The summed E-state index contributed by atoms with van der Waals surface area (Å²) < 4.78 is 23.0. The maximum Gasteiger partial charge on any atom is 0.178 e. The molecule has 0 aliphatic rings. The zero-order valence-corrected chi connectivity index (χ0v) is 9.55. The molecule has 0 atom stereocenters. The van der Waals surface area contributed by atoms with Crippen LogP contribution in [0.4, 0.5) is 0 Å². The molecule has 0 spiro atoms. The van der Waals surface area contributed by atoms with E-state index in [0.717, 1.165) is 5.56 Å². The highest BCUT2D eigenvalue weighted by atomic mass is 32.2. The molecule has 0 unspecified atom stereocenters. The minimum atomic E-state index is -3.08. The van der Waals surface area contributed by atoms with Gasteiger partial charge in [-0.3, -0.25) is 0 Å². The van der Waals surface area contributed by atoms with Gasteiger partial charge in [0.2, 0.25) is 0 Å². The summed E-state index contributed by atoms with van der Waals surface area (Å²) in [6, 6.07) is 6.86. The lowest BCUT2D eigenvalue weighted by molar-refractivity contribution is 0.597. The number of rotatable bonds is 5. The van der Waals surface area contributed by atoms with Crippen molar-refractivity contribution in [2.45, 2.75) is 18.4 Å². The number of nitrogens with two attached hydrogens (primary N) is 1. The molecule has 0 radical (unpaired) electrons. The van der Waals surface area contributed by atoms with Crippen molar-refractivity contribution in [2.24, 2.45) is 5.73 Å². The first-order valence-corrected chi connectivity index (χ1v) is 6.48. The molecule has 0 saturated heterocycles. The smallest absolute Gasteiger partial charge is 0.178 e. The van der Waals surface area contributed by atoms with E-state index in [1.54, 1.807) is 31.2 Å². The molecule has 0 bridgehead atoms. The second kappa shape index (κ2) is 5.25. The summed E-state index contributed by atoms with van der Waals surface area (Å²) in [7, 11) is -3.08. The molecular weight excluding hydrogens is 212 g/mol. The molecular formula is C10H16N2O2S. The Morgan fingerprint density at radius 3 is 2.33 bits per heavy atom. The normalized spacial score (nSPS) is 11.6. The van der Waals surface area contributed by atoms with Crippen LogP contribution in [0.25, 0.3) is 0 Å². The first-order chi connectivity index (χ1) is 7.10. The van der Waals surface area contributed by atoms with E-state index in [-0.39, 0.29) is 5.75 Å². The molecule has 3 N–H and O–H groups in total. The number of sulfone groups is 1. The van der Waals surface area contributed by atoms with Gasteiger partial charge in [-0.15, -0.1) is 0 Å². The van der Waals surface area contributed by atoms with Gasteiger partial charge in [0, 0.05) is 13.2 Å². The van der Waals surface area contributed by atoms with Crippen molar-refractivity contribution in [2.75, 3.05) is 12.4 Å². The van der Waals surface area contributed by atoms with E-state index in [1.807, 2.05) is 0 Å². The molecule has 1 rings (SSSR count). The standard InChI is InChI=1S/C10H16N2O2S/c1-2-15(13,14)10-5-3-9(4-6-10)7-12-8-11/h3-6,12H,2,7-8,11H2,1H3. The highest BCUT2D eigenvalue weighted by molar-refractivity contribution is 7.91. The van der Waals surface area contributed by atoms with Crippen LogP contribution in [0.1, 0.15) is 12.5 Å². The zero-order chi connectivity index (χ0) is 11.3. The van der Waals surface area contributed by atoms with Crippen LogP contribution >= 0.6 is 0 Å². The highest BCUT2D eigenvalue weighted by Crippen LogP contribution is 2.11. The topological polar surface area (TPSA) is 72.2 Å². The van der Waals surface area contributed by atoms with Gasteiger partial charge < -0.3 is 11.1 Å². The van der Waals surface area contributed by atoms with Crippen molar-refractivity contribution in [3.8, 4) is 0 Å². The second-order valence-electron chi connectivity index (χ2n) is 3.18. The first kappa shape index (κ1) is 12.2. The van der Waals surface area contributed by atoms with E-state index < -0.39 is 9.84 Å². The van der Waals surface area contributed by atoms with Crippen LogP contribution in [0.2, 0.25) is 0 Å². The fraction of sp³-hybridized carbons (Fsp3) is 0.400. The molecule has 0 amide bonds.